The summed E-state index contributed by atoms with van der Waals surface area (Å²) in [5, 5.41) is 10.2. The van der Waals surface area contributed by atoms with E-state index in [2.05, 4.69) is 11.8 Å². The molecule has 0 saturated carbocycles. The van der Waals surface area contributed by atoms with Gasteiger partial charge in [0.25, 0.3) is 0 Å². The number of piperidine rings is 1. The van der Waals surface area contributed by atoms with Crippen molar-refractivity contribution in [3.63, 3.8) is 0 Å². The van der Waals surface area contributed by atoms with Crippen LogP contribution in [-0.4, -0.2) is 35.7 Å². The molecular weight excluding hydrogens is 224 g/mol. The van der Waals surface area contributed by atoms with E-state index < -0.39 is 0 Å². The number of β-amino-alcohol motifs (C(OH)–C–C–N with tert-alkyl or cyclic N) is 1. The van der Waals surface area contributed by atoms with E-state index in [0.717, 1.165) is 38.0 Å². The second-order valence-electron chi connectivity index (χ2n) is 5.42. The van der Waals surface area contributed by atoms with Crippen LogP contribution in [0, 0.1) is 5.92 Å². The minimum absolute atomic E-state index is 0.297. The first-order valence-electron chi connectivity index (χ1n) is 6.88. The molecule has 100 valence electrons. The van der Waals surface area contributed by atoms with E-state index in [1.807, 2.05) is 30.3 Å². The molecule has 0 bridgehead atoms. The maximum atomic E-state index is 10.2. The Labute approximate surface area is 110 Å². The van der Waals surface area contributed by atoms with E-state index in [1.54, 1.807) is 0 Å². The molecule has 1 aliphatic heterocycles. The molecule has 0 aromatic heterocycles. The van der Waals surface area contributed by atoms with Gasteiger partial charge >= 0.3 is 0 Å². The topological polar surface area (TPSA) is 49.5 Å². The van der Waals surface area contributed by atoms with Gasteiger partial charge in [0, 0.05) is 12.6 Å². The van der Waals surface area contributed by atoms with Gasteiger partial charge in [0.1, 0.15) is 0 Å². The number of benzene rings is 1. The van der Waals surface area contributed by atoms with Crippen LogP contribution in [0.2, 0.25) is 0 Å². The van der Waals surface area contributed by atoms with Crippen molar-refractivity contribution in [2.45, 2.75) is 31.9 Å². The molecule has 2 atom stereocenters. The summed E-state index contributed by atoms with van der Waals surface area (Å²) in [5.41, 5.74) is 6.94. The molecule has 0 amide bonds. The minimum atomic E-state index is -0.377. The average molecular weight is 248 g/mol. The maximum absolute atomic E-state index is 10.2. The van der Waals surface area contributed by atoms with Crippen molar-refractivity contribution in [1.82, 2.24) is 4.90 Å². The lowest BCUT2D eigenvalue weighted by Crippen LogP contribution is -2.41. The number of aliphatic hydroxyl groups is 1. The lowest BCUT2D eigenvalue weighted by atomic mass is 9.90. The summed E-state index contributed by atoms with van der Waals surface area (Å²) in [7, 11) is 0. The van der Waals surface area contributed by atoms with E-state index in [1.165, 1.54) is 0 Å². The SMILES string of the molecule is CC(N)C1CCN(CC(O)c2ccccc2)CC1. The molecule has 1 aromatic carbocycles. The van der Waals surface area contributed by atoms with Crippen LogP contribution < -0.4 is 5.73 Å². The number of hydrogen-bond acceptors (Lipinski definition) is 3. The van der Waals surface area contributed by atoms with Gasteiger partial charge < -0.3 is 15.7 Å². The van der Waals surface area contributed by atoms with E-state index in [-0.39, 0.29) is 6.10 Å². The fraction of sp³-hybridized carbons (Fsp3) is 0.600. The average Bonchev–Trinajstić information content (AvgIpc) is 2.40. The van der Waals surface area contributed by atoms with Gasteiger partial charge in [-0.3, -0.25) is 0 Å². The van der Waals surface area contributed by atoms with Crippen molar-refractivity contribution in [3.8, 4) is 0 Å². The van der Waals surface area contributed by atoms with E-state index in [4.69, 9.17) is 5.73 Å². The molecule has 1 aliphatic rings. The van der Waals surface area contributed by atoms with Gasteiger partial charge in [0.15, 0.2) is 0 Å². The highest BCUT2D eigenvalue weighted by atomic mass is 16.3. The molecule has 0 aliphatic carbocycles. The Hall–Kier alpha value is -0.900. The van der Waals surface area contributed by atoms with Gasteiger partial charge in [-0.05, 0) is 44.3 Å². The maximum Gasteiger partial charge on any atom is 0.0916 e. The molecular formula is C15H24N2O. The summed E-state index contributed by atoms with van der Waals surface area (Å²) in [4.78, 5) is 2.34. The van der Waals surface area contributed by atoms with Gasteiger partial charge in [0.2, 0.25) is 0 Å². The molecule has 1 fully saturated rings. The normalized spacial score (nSPS) is 21.7. The number of aliphatic hydroxyl groups excluding tert-OH is 1. The Balaban J connectivity index is 1.81. The smallest absolute Gasteiger partial charge is 0.0916 e. The number of hydrogen-bond donors (Lipinski definition) is 2. The Morgan fingerprint density at radius 1 is 1.28 bits per heavy atom. The Morgan fingerprint density at radius 2 is 1.89 bits per heavy atom. The lowest BCUT2D eigenvalue weighted by Gasteiger charge is -2.34. The van der Waals surface area contributed by atoms with Crippen LogP contribution in [0.15, 0.2) is 30.3 Å². The van der Waals surface area contributed by atoms with Crippen molar-refractivity contribution >= 4 is 0 Å². The number of likely N-dealkylation sites (tertiary alicyclic amines) is 1. The first kappa shape index (κ1) is 13.5. The van der Waals surface area contributed by atoms with Crippen LogP contribution in [0.3, 0.4) is 0 Å². The first-order valence-corrected chi connectivity index (χ1v) is 6.88. The zero-order valence-corrected chi connectivity index (χ0v) is 11.1. The van der Waals surface area contributed by atoms with Crippen molar-refractivity contribution < 1.29 is 5.11 Å². The summed E-state index contributed by atoms with van der Waals surface area (Å²) in [5.74, 6) is 0.648. The van der Waals surface area contributed by atoms with Gasteiger partial charge in [-0.2, -0.15) is 0 Å². The van der Waals surface area contributed by atoms with Crippen LogP contribution in [0.4, 0.5) is 0 Å². The Bertz CT molecular complexity index is 345. The van der Waals surface area contributed by atoms with Gasteiger partial charge in [-0.1, -0.05) is 30.3 Å². The molecule has 0 spiro atoms. The van der Waals surface area contributed by atoms with E-state index >= 15 is 0 Å². The summed E-state index contributed by atoms with van der Waals surface area (Å²) < 4.78 is 0. The first-order chi connectivity index (χ1) is 8.66. The van der Waals surface area contributed by atoms with E-state index in [9.17, 15) is 5.11 Å². The molecule has 3 heteroatoms. The molecule has 1 heterocycles. The zero-order chi connectivity index (χ0) is 13.0. The zero-order valence-electron chi connectivity index (χ0n) is 11.1. The minimum Gasteiger partial charge on any atom is -0.387 e. The summed E-state index contributed by atoms with van der Waals surface area (Å²) >= 11 is 0. The fourth-order valence-electron chi connectivity index (χ4n) is 2.69. The highest BCUT2D eigenvalue weighted by Crippen LogP contribution is 2.22. The van der Waals surface area contributed by atoms with Crippen molar-refractivity contribution in [3.05, 3.63) is 35.9 Å². The molecule has 2 unspecified atom stereocenters. The van der Waals surface area contributed by atoms with Crippen molar-refractivity contribution in [2.24, 2.45) is 11.7 Å². The van der Waals surface area contributed by atoms with Crippen molar-refractivity contribution in [1.29, 1.82) is 0 Å². The molecule has 3 N–H and O–H groups in total. The lowest BCUT2D eigenvalue weighted by molar-refractivity contribution is 0.0862. The summed E-state index contributed by atoms with van der Waals surface area (Å²) in [6, 6.07) is 10.2. The second kappa shape index (κ2) is 6.32. The van der Waals surface area contributed by atoms with Crippen LogP contribution in [-0.2, 0) is 0 Å². The Kier molecular flexibility index (Phi) is 4.75. The van der Waals surface area contributed by atoms with Gasteiger partial charge in [0.05, 0.1) is 6.10 Å². The van der Waals surface area contributed by atoms with Gasteiger partial charge in [-0.15, -0.1) is 0 Å². The summed E-state index contributed by atoms with van der Waals surface area (Å²) in [6.07, 6.45) is 1.93. The second-order valence-corrected chi connectivity index (χ2v) is 5.42. The Morgan fingerprint density at radius 3 is 2.44 bits per heavy atom. The highest BCUT2D eigenvalue weighted by Gasteiger charge is 2.23. The molecule has 18 heavy (non-hydrogen) atoms. The van der Waals surface area contributed by atoms with E-state index in [0.29, 0.717) is 12.0 Å². The van der Waals surface area contributed by atoms with Crippen molar-refractivity contribution in [2.75, 3.05) is 19.6 Å². The third kappa shape index (κ3) is 3.55. The third-order valence-corrected chi connectivity index (χ3v) is 3.99. The molecule has 2 rings (SSSR count). The van der Waals surface area contributed by atoms with Gasteiger partial charge in [-0.25, -0.2) is 0 Å². The number of rotatable bonds is 4. The number of nitrogens with zero attached hydrogens (tertiary/aromatic N) is 1. The van der Waals surface area contributed by atoms with Crippen LogP contribution in [0.1, 0.15) is 31.4 Å². The quantitative estimate of drug-likeness (QED) is 0.854. The standard InChI is InChI=1S/C15H24N2O/c1-12(16)13-7-9-17(10-8-13)11-15(18)14-5-3-2-4-6-14/h2-6,12-13,15,18H,7-11,16H2,1H3. The van der Waals surface area contributed by atoms with Crippen LogP contribution in [0.25, 0.3) is 0 Å². The summed E-state index contributed by atoms with van der Waals surface area (Å²) in [6.45, 7) is 4.93. The largest absolute Gasteiger partial charge is 0.387 e. The highest BCUT2D eigenvalue weighted by molar-refractivity contribution is 5.17. The molecule has 3 nitrogen and oxygen atoms in total. The fourth-order valence-corrected chi connectivity index (χ4v) is 2.69. The monoisotopic (exact) mass is 248 g/mol. The number of nitrogens with two attached hydrogens (primary N) is 1. The molecule has 1 aromatic rings. The third-order valence-electron chi connectivity index (χ3n) is 3.99. The molecule has 1 saturated heterocycles. The molecule has 0 radical (unpaired) electrons. The predicted octanol–water partition coefficient (Wildman–Crippen LogP) is 1.78. The van der Waals surface area contributed by atoms with Crippen LogP contribution in [0.5, 0.6) is 0 Å². The predicted molar refractivity (Wildman–Crippen MR) is 74.2 cm³/mol. The van der Waals surface area contributed by atoms with Crippen LogP contribution >= 0.6 is 0 Å².